The van der Waals surface area contributed by atoms with E-state index < -0.39 is 0 Å². The number of benzene rings is 1. The van der Waals surface area contributed by atoms with Crippen molar-refractivity contribution in [1.82, 2.24) is 5.32 Å². The Labute approximate surface area is 114 Å². The van der Waals surface area contributed by atoms with Gasteiger partial charge in [-0.25, -0.2) is 0 Å². The Morgan fingerprint density at radius 1 is 1.42 bits per heavy atom. The van der Waals surface area contributed by atoms with Gasteiger partial charge in [0, 0.05) is 11.6 Å². The van der Waals surface area contributed by atoms with E-state index in [1.165, 1.54) is 0 Å². The van der Waals surface area contributed by atoms with Crippen LogP contribution in [0, 0.1) is 5.92 Å². The van der Waals surface area contributed by atoms with E-state index in [1.54, 1.807) is 0 Å². The molecule has 2 unspecified atom stereocenters. The molecule has 1 saturated heterocycles. The number of ether oxygens (including phenoxy) is 1. The van der Waals surface area contributed by atoms with Crippen LogP contribution in [0.25, 0.3) is 0 Å². The van der Waals surface area contributed by atoms with Crippen LogP contribution < -0.4 is 15.8 Å². The van der Waals surface area contributed by atoms with Crippen LogP contribution in [0.4, 0.5) is 0 Å². The number of piperidine rings is 1. The van der Waals surface area contributed by atoms with Crippen LogP contribution in [0.2, 0.25) is 0 Å². The maximum absolute atomic E-state index is 11.6. The highest BCUT2D eigenvalue weighted by molar-refractivity contribution is 5.78. The highest BCUT2D eigenvalue weighted by atomic mass is 16.5. The highest BCUT2D eigenvalue weighted by Gasteiger charge is 2.32. The second-order valence-electron chi connectivity index (χ2n) is 5.29. The van der Waals surface area contributed by atoms with Gasteiger partial charge < -0.3 is 15.8 Å². The summed E-state index contributed by atoms with van der Waals surface area (Å²) in [6, 6.07) is 7.83. The summed E-state index contributed by atoms with van der Waals surface area (Å²) in [5.41, 5.74) is 6.55. The predicted octanol–water partition coefficient (Wildman–Crippen LogP) is 2.00. The second kappa shape index (κ2) is 6.06. The van der Waals surface area contributed by atoms with Crippen molar-refractivity contribution in [3.63, 3.8) is 0 Å². The first-order chi connectivity index (χ1) is 9.09. The van der Waals surface area contributed by atoms with Crippen molar-refractivity contribution in [3.8, 4) is 5.75 Å². The van der Waals surface area contributed by atoms with Crippen LogP contribution in [0.1, 0.15) is 38.3 Å². The molecule has 3 N–H and O–H groups in total. The molecule has 1 aliphatic rings. The van der Waals surface area contributed by atoms with Crippen LogP contribution >= 0.6 is 0 Å². The van der Waals surface area contributed by atoms with Crippen LogP contribution in [0.5, 0.6) is 5.75 Å². The molecule has 0 radical (unpaired) electrons. The van der Waals surface area contributed by atoms with Gasteiger partial charge in [0.2, 0.25) is 5.91 Å². The summed E-state index contributed by atoms with van der Waals surface area (Å²) in [7, 11) is 0. The average Bonchev–Trinajstić information content (AvgIpc) is 2.38. The molecule has 1 fully saturated rings. The Balaban J connectivity index is 2.30. The number of carbonyl (C=O) groups is 1. The summed E-state index contributed by atoms with van der Waals surface area (Å²) in [6.45, 7) is 4.90. The van der Waals surface area contributed by atoms with Crippen molar-refractivity contribution < 1.29 is 9.53 Å². The molecule has 1 aromatic rings. The lowest BCUT2D eigenvalue weighted by Crippen LogP contribution is -2.41. The van der Waals surface area contributed by atoms with Crippen molar-refractivity contribution >= 4 is 5.91 Å². The maximum Gasteiger partial charge on any atom is 0.222 e. The lowest BCUT2D eigenvalue weighted by Gasteiger charge is -2.32. The van der Waals surface area contributed by atoms with E-state index in [-0.39, 0.29) is 24.0 Å². The number of hydrogen-bond donors (Lipinski definition) is 2. The summed E-state index contributed by atoms with van der Waals surface area (Å²) in [5.74, 6) is 0.436. The van der Waals surface area contributed by atoms with Crippen LogP contribution in [-0.2, 0) is 4.79 Å². The van der Waals surface area contributed by atoms with E-state index >= 15 is 0 Å². The summed E-state index contributed by atoms with van der Waals surface area (Å²) >= 11 is 0. The van der Waals surface area contributed by atoms with Gasteiger partial charge in [-0.1, -0.05) is 18.2 Å². The van der Waals surface area contributed by atoms with Crippen molar-refractivity contribution in [2.75, 3.05) is 6.54 Å². The number of para-hydroxylation sites is 1. The first-order valence-electron chi connectivity index (χ1n) is 6.88. The maximum atomic E-state index is 11.6. The molecule has 0 aromatic heterocycles. The minimum absolute atomic E-state index is 0.0406. The number of nitrogens with two attached hydrogens (primary N) is 1. The average molecular weight is 262 g/mol. The van der Waals surface area contributed by atoms with Crippen molar-refractivity contribution in [2.45, 2.75) is 38.8 Å². The van der Waals surface area contributed by atoms with Crippen LogP contribution in [0.15, 0.2) is 24.3 Å². The lowest BCUT2D eigenvalue weighted by molar-refractivity contribution is -0.123. The summed E-state index contributed by atoms with van der Waals surface area (Å²) in [6.07, 6.45) is 1.93. The molecule has 4 nitrogen and oxygen atoms in total. The lowest BCUT2D eigenvalue weighted by atomic mass is 9.85. The van der Waals surface area contributed by atoms with Crippen molar-refractivity contribution in [3.05, 3.63) is 29.8 Å². The van der Waals surface area contributed by atoms with Gasteiger partial charge >= 0.3 is 0 Å². The number of nitrogens with one attached hydrogen (secondary N) is 1. The molecule has 1 heterocycles. The molecule has 1 amide bonds. The van der Waals surface area contributed by atoms with E-state index in [0.29, 0.717) is 0 Å². The molecule has 104 valence electrons. The topological polar surface area (TPSA) is 64.3 Å². The SMILES string of the molecule is CC(C)Oc1ccccc1C1NCCCC1C(N)=O. The molecule has 1 aromatic carbocycles. The van der Waals surface area contributed by atoms with E-state index in [0.717, 1.165) is 30.7 Å². The molecule has 2 atom stereocenters. The minimum atomic E-state index is -0.239. The fraction of sp³-hybridized carbons (Fsp3) is 0.533. The molecular weight excluding hydrogens is 240 g/mol. The highest BCUT2D eigenvalue weighted by Crippen LogP contribution is 2.34. The predicted molar refractivity (Wildman–Crippen MR) is 74.9 cm³/mol. The van der Waals surface area contributed by atoms with Crippen LogP contribution in [0.3, 0.4) is 0 Å². The third-order valence-corrected chi connectivity index (χ3v) is 3.44. The van der Waals surface area contributed by atoms with Gasteiger partial charge in [0.15, 0.2) is 0 Å². The van der Waals surface area contributed by atoms with Crippen LogP contribution in [-0.4, -0.2) is 18.6 Å². The fourth-order valence-electron chi connectivity index (χ4n) is 2.62. The largest absolute Gasteiger partial charge is 0.491 e. The first-order valence-corrected chi connectivity index (χ1v) is 6.88. The first kappa shape index (κ1) is 13.9. The third-order valence-electron chi connectivity index (χ3n) is 3.44. The molecule has 0 saturated carbocycles. The normalized spacial score (nSPS) is 23.3. The quantitative estimate of drug-likeness (QED) is 0.872. The Morgan fingerprint density at radius 3 is 2.84 bits per heavy atom. The summed E-state index contributed by atoms with van der Waals surface area (Å²) in [5, 5.41) is 3.40. The van der Waals surface area contributed by atoms with Gasteiger partial charge in [0.05, 0.1) is 12.0 Å². The Morgan fingerprint density at radius 2 is 2.16 bits per heavy atom. The van der Waals surface area contributed by atoms with Gasteiger partial charge in [-0.05, 0) is 39.3 Å². The molecule has 0 aliphatic carbocycles. The van der Waals surface area contributed by atoms with E-state index in [4.69, 9.17) is 10.5 Å². The fourth-order valence-corrected chi connectivity index (χ4v) is 2.62. The number of carbonyl (C=O) groups excluding carboxylic acids is 1. The smallest absolute Gasteiger partial charge is 0.222 e. The molecular formula is C15H22N2O2. The zero-order valence-corrected chi connectivity index (χ0v) is 11.6. The molecule has 1 aliphatic heterocycles. The van der Waals surface area contributed by atoms with Gasteiger partial charge in [-0.2, -0.15) is 0 Å². The molecule has 2 rings (SSSR count). The Kier molecular flexibility index (Phi) is 4.43. The number of primary amides is 1. The summed E-state index contributed by atoms with van der Waals surface area (Å²) < 4.78 is 5.83. The zero-order valence-electron chi connectivity index (χ0n) is 11.6. The number of amides is 1. The molecule has 0 spiro atoms. The van der Waals surface area contributed by atoms with Crippen molar-refractivity contribution in [1.29, 1.82) is 0 Å². The van der Waals surface area contributed by atoms with Gasteiger partial charge in [0.25, 0.3) is 0 Å². The number of hydrogen-bond acceptors (Lipinski definition) is 3. The van der Waals surface area contributed by atoms with Crippen molar-refractivity contribution in [2.24, 2.45) is 11.7 Å². The second-order valence-corrected chi connectivity index (χ2v) is 5.29. The van der Waals surface area contributed by atoms with Gasteiger partial charge in [0.1, 0.15) is 5.75 Å². The Hall–Kier alpha value is -1.55. The third kappa shape index (κ3) is 3.26. The number of rotatable bonds is 4. The zero-order chi connectivity index (χ0) is 13.8. The molecule has 4 heteroatoms. The van der Waals surface area contributed by atoms with Gasteiger partial charge in [-0.3, -0.25) is 4.79 Å². The minimum Gasteiger partial charge on any atom is -0.491 e. The molecule has 0 bridgehead atoms. The monoisotopic (exact) mass is 262 g/mol. The standard InChI is InChI=1S/C15H22N2O2/c1-10(2)19-13-8-4-3-6-11(13)14-12(15(16)18)7-5-9-17-14/h3-4,6,8,10,12,14,17H,5,7,9H2,1-2H3,(H2,16,18). The van der Waals surface area contributed by atoms with Gasteiger partial charge in [-0.15, -0.1) is 0 Å². The van der Waals surface area contributed by atoms with E-state index in [2.05, 4.69) is 5.32 Å². The summed E-state index contributed by atoms with van der Waals surface area (Å²) in [4.78, 5) is 11.6. The van der Waals surface area contributed by atoms with E-state index in [1.807, 2.05) is 38.1 Å². The van der Waals surface area contributed by atoms with E-state index in [9.17, 15) is 4.79 Å². The molecule has 19 heavy (non-hydrogen) atoms. The Bertz CT molecular complexity index is 446.